The predicted octanol–water partition coefficient (Wildman–Crippen LogP) is 8.05. The zero-order chi connectivity index (χ0) is 22.6. The minimum absolute atomic E-state index is 0.482. The molecule has 2 heterocycles. The highest BCUT2D eigenvalue weighted by molar-refractivity contribution is 7.98. The number of aromatic nitrogens is 3. The van der Waals surface area contributed by atoms with E-state index in [0.29, 0.717) is 33.3 Å². The SMILES string of the molecule is Clc1cccc(Cl)c1CSc1nnc(Cc2sc(-c3ccccc3)nc2-c2ccccc2)o1. The van der Waals surface area contributed by atoms with Gasteiger partial charge in [-0.15, -0.1) is 21.5 Å². The normalized spacial score (nSPS) is 11.1. The minimum Gasteiger partial charge on any atom is -0.416 e. The summed E-state index contributed by atoms with van der Waals surface area (Å²) in [4.78, 5) is 6.02. The second-order valence-corrected chi connectivity index (χ2v) is 9.97. The lowest BCUT2D eigenvalue weighted by atomic mass is 10.1. The Hall–Kier alpha value is -2.64. The van der Waals surface area contributed by atoms with Gasteiger partial charge in [0.2, 0.25) is 5.89 Å². The summed E-state index contributed by atoms with van der Waals surface area (Å²) < 4.78 is 5.93. The molecule has 0 saturated carbocycles. The van der Waals surface area contributed by atoms with Crippen LogP contribution in [0.3, 0.4) is 0 Å². The first-order valence-corrected chi connectivity index (χ1v) is 12.7. The number of benzene rings is 3. The summed E-state index contributed by atoms with van der Waals surface area (Å²) in [6, 6.07) is 25.8. The molecule has 8 heteroatoms. The fourth-order valence-electron chi connectivity index (χ4n) is 3.31. The summed E-state index contributed by atoms with van der Waals surface area (Å²) in [7, 11) is 0. The molecule has 5 aromatic rings. The second-order valence-electron chi connectivity index (χ2n) is 7.15. The van der Waals surface area contributed by atoms with Gasteiger partial charge in [-0.2, -0.15) is 0 Å². The summed E-state index contributed by atoms with van der Waals surface area (Å²) in [5.74, 6) is 1.09. The van der Waals surface area contributed by atoms with Gasteiger partial charge in [-0.25, -0.2) is 4.98 Å². The molecule has 0 aliphatic heterocycles. The first-order valence-electron chi connectivity index (χ1n) is 10.2. The molecule has 0 fully saturated rings. The Balaban J connectivity index is 1.39. The van der Waals surface area contributed by atoms with Gasteiger partial charge in [-0.1, -0.05) is 102 Å². The Labute approximate surface area is 209 Å². The van der Waals surface area contributed by atoms with Crippen LogP contribution >= 0.6 is 46.3 Å². The van der Waals surface area contributed by atoms with Crippen molar-refractivity contribution >= 4 is 46.3 Å². The van der Waals surface area contributed by atoms with Gasteiger partial charge in [0, 0.05) is 31.8 Å². The Morgan fingerprint density at radius 3 is 2.15 bits per heavy atom. The molecule has 0 saturated heterocycles. The molecule has 164 valence electrons. The van der Waals surface area contributed by atoms with E-state index in [4.69, 9.17) is 32.6 Å². The van der Waals surface area contributed by atoms with E-state index in [2.05, 4.69) is 34.5 Å². The van der Waals surface area contributed by atoms with Crippen LogP contribution in [0.4, 0.5) is 0 Å². The fraction of sp³-hybridized carbons (Fsp3) is 0.0800. The van der Waals surface area contributed by atoms with Crippen LogP contribution < -0.4 is 0 Å². The van der Waals surface area contributed by atoms with Crippen LogP contribution in [0.15, 0.2) is 88.5 Å². The maximum atomic E-state index is 6.27. The van der Waals surface area contributed by atoms with Gasteiger partial charge in [0.25, 0.3) is 5.22 Å². The minimum atomic E-state index is 0.482. The number of hydrogen-bond donors (Lipinski definition) is 0. The number of thioether (sulfide) groups is 1. The van der Waals surface area contributed by atoms with Crippen LogP contribution in [0.5, 0.6) is 0 Å². The quantitative estimate of drug-likeness (QED) is 0.207. The van der Waals surface area contributed by atoms with Crippen molar-refractivity contribution in [3.8, 4) is 21.8 Å². The fourth-order valence-corrected chi connectivity index (χ4v) is 5.91. The lowest BCUT2D eigenvalue weighted by Gasteiger charge is -2.04. The molecule has 0 atom stereocenters. The zero-order valence-corrected chi connectivity index (χ0v) is 20.4. The van der Waals surface area contributed by atoms with Crippen LogP contribution in [0, 0.1) is 0 Å². The van der Waals surface area contributed by atoms with Crippen molar-refractivity contribution in [2.75, 3.05) is 0 Å². The molecule has 0 aliphatic carbocycles. The Morgan fingerprint density at radius 1 is 0.788 bits per heavy atom. The summed E-state index contributed by atoms with van der Waals surface area (Å²) in [5, 5.41) is 11.2. The van der Waals surface area contributed by atoms with Crippen LogP contribution in [-0.4, -0.2) is 15.2 Å². The maximum Gasteiger partial charge on any atom is 0.276 e. The van der Waals surface area contributed by atoms with Crippen molar-refractivity contribution < 1.29 is 4.42 Å². The predicted molar refractivity (Wildman–Crippen MR) is 136 cm³/mol. The average Bonchev–Trinajstić information content (AvgIpc) is 3.47. The lowest BCUT2D eigenvalue weighted by molar-refractivity contribution is 0.421. The van der Waals surface area contributed by atoms with E-state index in [1.807, 2.05) is 54.6 Å². The summed E-state index contributed by atoms with van der Waals surface area (Å²) in [6.07, 6.45) is 0.509. The number of halogens is 2. The monoisotopic (exact) mass is 509 g/mol. The van der Waals surface area contributed by atoms with Crippen LogP contribution in [-0.2, 0) is 12.2 Å². The van der Waals surface area contributed by atoms with Gasteiger partial charge < -0.3 is 4.42 Å². The highest BCUT2D eigenvalue weighted by atomic mass is 35.5. The Kier molecular flexibility index (Phi) is 6.78. The van der Waals surface area contributed by atoms with E-state index >= 15 is 0 Å². The van der Waals surface area contributed by atoms with Crippen molar-refractivity contribution in [2.24, 2.45) is 0 Å². The van der Waals surface area contributed by atoms with Crippen molar-refractivity contribution in [2.45, 2.75) is 17.4 Å². The number of thiazole rings is 1. The number of nitrogens with zero attached hydrogens (tertiary/aromatic N) is 3. The molecule has 5 rings (SSSR count). The first kappa shape index (κ1) is 22.2. The highest BCUT2D eigenvalue weighted by Crippen LogP contribution is 2.36. The Morgan fingerprint density at radius 2 is 1.45 bits per heavy atom. The molecule has 0 bridgehead atoms. The third-order valence-corrected chi connectivity index (χ3v) is 7.58. The zero-order valence-electron chi connectivity index (χ0n) is 17.2. The largest absolute Gasteiger partial charge is 0.416 e. The second kappa shape index (κ2) is 10.1. The third kappa shape index (κ3) is 5.14. The third-order valence-electron chi connectivity index (χ3n) is 4.93. The molecule has 0 spiro atoms. The molecule has 0 aliphatic rings. The Bertz CT molecular complexity index is 1350. The van der Waals surface area contributed by atoms with Gasteiger partial charge in [0.1, 0.15) is 5.01 Å². The molecule has 0 amide bonds. The summed E-state index contributed by atoms with van der Waals surface area (Å²) in [5.41, 5.74) is 3.94. The van der Waals surface area contributed by atoms with E-state index in [1.54, 1.807) is 11.3 Å². The van der Waals surface area contributed by atoms with Crippen molar-refractivity contribution in [1.29, 1.82) is 0 Å². The molecule has 4 nitrogen and oxygen atoms in total. The van der Waals surface area contributed by atoms with Gasteiger partial charge in [0.15, 0.2) is 0 Å². The molecule has 0 radical (unpaired) electrons. The van der Waals surface area contributed by atoms with E-state index in [1.165, 1.54) is 11.8 Å². The van der Waals surface area contributed by atoms with Crippen LogP contribution in [0.1, 0.15) is 16.3 Å². The highest BCUT2D eigenvalue weighted by Gasteiger charge is 2.18. The smallest absolute Gasteiger partial charge is 0.276 e. The topological polar surface area (TPSA) is 51.8 Å². The van der Waals surface area contributed by atoms with Crippen molar-refractivity contribution in [3.05, 3.63) is 105 Å². The molecule has 3 aromatic carbocycles. The lowest BCUT2D eigenvalue weighted by Crippen LogP contribution is -1.89. The van der Waals surface area contributed by atoms with E-state index in [0.717, 1.165) is 32.3 Å². The van der Waals surface area contributed by atoms with Gasteiger partial charge >= 0.3 is 0 Å². The summed E-state index contributed by atoms with van der Waals surface area (Å²) in [6.45, 7) is 0. The number of hydrogen-bond acceptors (Lipinski definition) is 6. The maximum absolute atomic E-state index is 6.27. The molecule has 33 heavy (non-hydrogen) atoms. The van der Waals surface area contributed by atoms with E-state index in [-0.39, 0.29) is 0 Å². The van der Waals surface area contributed by atoms with Gasteiger partial charge in [-0.05, 0) is 17.7 Å². The molecule has 2 aromatic heterocycles. The van der Waals surface area contributed by atoms with Crippen molar-refractivity contribution in [1.82, 2.24) is 15.2 Å². The van der Waals surface area contributed by atoms with Crippen LogP contribution in [0.25, 0.3) is 21.8 Å². The van der Waals surface area contributed by atoms with E-state index < -0.39 is 0 Å². The van der Waals surface area contributed by atoms with Gasteiger partial charge in [-0.3, -0.25) is 0 Å². The molecular formula is C25H17Cl2N3OS2. The first-order chi connectivity index (χ1) is 16.2. The van der Waals surface area contributed by atoms with Crippen molar-refractivity contribution in [3.63, 3.8) is 0 Å². The molecular weight excluding hydrogens is 493 g/mol. The summed E-state index contributed by atoms with van der Waals surface area (Å²) >= 11 is 15.6. The van der Waals surface area contributed by atoms with Crippen LogP contribution in [0.2, 0.25) is 10.0 Å². The standard InChI is InChI=1S/C25H17Cl2N3OS2/c26-19-12-7-13-20(27)18(19)15-32-25-30-29-22(31-25)14-21-23(16-8-3-1-4-9-16)28-24(33-21)17-10-5-2-6-11-17/h1-13H,14-15H2. The molecule has 0 N–H and O–H groups in total. The van der Waals surface area contributed by atoms with Gasteiger partial charge in [0.05, 0.1) is 12.1 Å². The van der Waals surface area contributed by atoms with E-state index in [9.17, 15) is 0 Å². The number of rotatable bonds is 7. The molecule has 0 unspecified atom stereocenters. The average molecular weight is 510 g/mol.